The van der Waals surface area contributed by atoms with E-state index in [0.29, 0.717) is 21.9 Å². The van der Waals surface area contributed by atoms with Crippen LogP contribution in [0.15, 0.2) is 40.8 Å². The van der Waals surface area contributed by atoms with Gasteiger partial charge in [0, 0.05) is 11.5 Å². The van der Waals surface area contributed by atoms with E-state index in [4.69, 9.17) is 16.6 Å². The fraction of sp³-hybridized carbons (Fsp3) is 0.267. The van der Waals surface area contributed by atoms with Crippen LogP contribution in [0.4, 0.5) is 5.69 Å². The van der Waals surface area contributed by atoms with Crippen LogP contribution in [0.1, 0.15) is 26.5 Å². The molecule has 1 aromatic carbocycles. The number of benzene rings is 1. The Balaban J connectivity index is 2.45. The molecule has 0 amide bonds. The molecule has 1 aromatic heterocycles. The summed E-state index contributed by atoms with van der Waals surface area (Å²) in [5.41, 5.74) is 0.295. The summed E-state index contributed by atoms with van der Waals surface area (Å²) >= 11 is 5.38. The molecule has 0 fully saturated rings. The van der Waals surface area contributed by atoms with Crippen molar-refractivity contribution in [2.24, 2.45) is 5.41 Å². The second-order valence-corrected chi connectivity index (χ2v) is 5.93. The maximum Gasteiger partial charge on any atom is 0.280 e. The average molecular weight is 289 g/mol. The van der Waals surface area contributed by atoms with Gasteiger partial charge in [0.1, 0.15) is 11.5 Å². The summed E-state index contributed by atoms with van der Waals surface area (Å²) < 4.78 is 5.70. The fourth-order valence-electron chi connectivity index (χ4n) is 1.82. The second kappa shape index (κ2) is 5.17. The van der Waals surface area contributed by atoms with Gasteiger partial charge in [-0.3, -0.25) is 10.1 Å². The van der Waals surface area contributed by atoms with Crippen molar-refractivity contribution < 1.29 is 9.34 Å². The Morgan fingerprint density at radius 2 is 1.85 bits per heavy atom. The van der Waals surface area contributed by atoms with Crippen molar-refractivity contribution in [3.05, 3.63) is 52.3 Å². The van der Waals surface area contributed by atoms with Gasteiger partial charge in [0.25, 0.3) is 5.69 Å². The first-order chi connectivity index (χ1) is 9.30. The summed E-state index contributed by atoms with van der Waals surface area (Å²) in [6, 6.07) is 9.98. The summed E-state index contributed by atoms with van der Waals surface area (Å²) in [6.07, 6.45) is 0. The number of para-hydroxylation sites is 1. The van der Waals surface area contributed by atoms with E-state index >= 15 is 0 Å². The first-order valence-corrected chi connectivity index (χ1v) is 6.60. The Hall–Kier alpha value is -2.01. The highest BCUT2D eigenvalue weighted by Gasteiger charge is 2.23. The summed E-state index contributed by atoms with van der Waals surface area (Å²) in [6.45, 7) is 6.01. The molecule has 0 bridgehead atoms. The minimum absolute atomic E-state index is 0.0232. The minimum Gasteiger partial charge on any atom is -0.455 e. The van der Waals surface area contributed by atoms with Gasteiger partial charge in [-0.15, -0.1) is 0 Å². The van der Waals surface area contributed by atoms with E-state index in [2.05, 4.69) is 0 Å². The average Bonchev–Trinajstić information content (AvgIpc) is 2.86. The Kier molecular flexibility index (Phi) is 3.72. The predicted octanol–water partition coefficient (Wildman–Crippen LogP) is 4.62. The predicted molar refractivity (Wildman–Crippen MR) is 82.0 cm³/mol. The van der Waals surface area contributed by atoms with Gasteiger partial charge >= 0.3 is 0 Å². The van der Waals surface area contributed by atoms with Crippen LogP contribution >= 0.6 is 12.2 Å². The number of nitro benzene ring substituents is 1. The van der Waals surface area contributed by atoms with Gasteiger partial charge in [-0.05, 0) is 18.2 Å². The topological polar surface area (TPSA) is 56.3 Å². The lowest BCUT2D eigenvalue weighted by molar-refractivity contribution is -0.384. The molecule has 104 valence electrons. The molecule has 0 unspecified atom stereocenters. The van der Waals surface area contributed by atoms with Crippen LogP contribution in [-0.4, -0.2) is 9.79 Å². The van der Waals surface area contributed by atoms with Crippen LogP contribution in [-0.2, 0) is 0 Å². The Morgan fingerprint density at radius 3 is 2.45 bits per heavy atom. The quantitative estimate of drug-likeness (QED) is 0.358. The Bertz CT molecular complexity index is 668. The van der Waals surface area contributed by atoms with Crippen LogP contribution in [0.5, 0.6) is 0 Å². The summed E-state index contributed by atoms with van der Waals surface area (Å²) in [7, 11) is 0. The van der Waals surface area contributed by atoms with Crippen molar-refractivity contribution >= 4 is 22.8 Å². The smallest absolute Gasteiger partial charge is 0.280 e. The number of hydrogen-bond donors (Lipinski definition) is 0. The zero-order valence-electron chi connectivity index (χ0n) is 11.5. The number of hydrogen-bond acceptors (Lipinski definition) is 4. The lowest BCUT2D eigenvalue weighted by Gasteiger charge is -2.17. The van der Waals surface area contributed by atoms with Gasteiger partial charge in [0.05, 0.1) is 15.4 Å². The molecule has 0 spiro atoms. The zero-order valence-corrected chi connectivity index (χ0v) is 12.4. The Labute approximate surface area is 122 Å². The van der Waals surface area contributed by atoms with Gasteiger partial charge in [0.15, 0.2) is 0 Å². The SMILES string of the molecule is CC(C)(C)C(=S)c1ccc(-c2ccccc2[N+](=O)[O-])o1. The number of thiocarbonyl (C=S) groups is 1. The number of furan rings is 1. The third-order valence-corrected chi connectivity index (χ3v) is 3.69. The van der Waals surface area contributed by atoms with Crippen LogP contribution in [0, 0.1) is 15.5 Å². The van der Waals surface area contributed by atoms with E-state index < -0.39 is 4.92 Å². The van der Waals surface area contributed by atoms with Crippen molar-refractivity contribution in [2.75, 3.05) is 0 Å². The van der Waals surface area contributed by atoms with Gasteiger partial charge in [-0.1, -0.05) is 45.1 Å². The summed E-state index contributed by atoms with van der Waals surface area (Å²) in [4.78, 5) is 11.3. The van der Waals surface area contributed by atoms with Crippen molar-refractivity contribution in [2.45, 2.75) is 20.8 Å². The van der Waals surface area contributed by atoms with Gasteiger partial charge in [-0.25, -0.2) is 0 Å². The van der Waals surface area contributed by atoms with Crippen molar-refractivity contribution in [1.29, 1.82) is 0 Å². The normalized spacial score (nSPS) is 11.3. The number of rotatable bonds is 3. The maximum atomic E-state index is 11.0. The molecule has 0 aliphatic carbocycles. The number of nitrogens with zero attached hydrogens (tertiary/aromatic N) is 1. The van der Waals surface area contributed by atoms with Crippen LogP contribution in [0.3, 0.4) is 0 Å². The molecular formula is C15H15NO3S. The van der Waals surface area contributed by atoms with Crippen LogP contribution in [0.2, 0.25) is 0 Å². The van der Waals surface area contributed by atoms with E-state index in [1.807, 2.05) is 20.8 Å². The fourth-order valence-corrected chi connectivity index (χ4v) is 1.93. The molecule has 0 aliphatic rings. The van der Waals surface area contributed by atoms with E-state index in [1.54, 1.807) is 30.3 Å². The highest BCUT2D eigenvalue weighted by Crippen LogP contribution is 2.32. The second-order valence-electron chi connectivity index (χ2n) is 5.52. The summed E-state index contributed by atoms with van der Waals surface area (Å²) in [5, 5.41) is 11.0. The van der Waals surface area contributed by atoms with Crippen molar-refractivity contribution in [3.63, 3.8) is 0 Å². The lowest BCUT2D eigenvalue weighted by atomic mass is 9.91. The molecule has 0 saturated carbocycles. The molecule has 0 radical (unpaired) electrons. The lowest BCUT2D eigenvalue weighted by Crippen LogP contribution is -2.18. The van der Waals surface area contributed by atoms with Crippen molar-refractivity contribution in [1.82, 2.24) is 0 Å². The first-order valence-electron chi connectivity index (χ1n) is 6.19. The number of nitro groups is 1. The molecule has 0 N–H and O–H groups in total. The standard InChI is InChI=1S/C15H15NO3S/c1-15(2,3)14(20)13-9-8-12(19-13)10-6-4-5-7-11(10)16(17)18/h4-9H,1-3H3. The van der Waals surface area contributed by atoms with Crippen molar-refractivity contribution in [3.8, 4) is 11.3 Å². The van der Waals surface area contributed by atoms with E-state index in [1.165, 1.54) is 6.07 Å². The maximum absolute atomic E-state index is 11.0. The van der Waals surface area contributed by atoms with E-state index in [0.717, 1.165) is 0 Å². The van der Waals surface area contributed by atoms with Gasteiger partial charge < -0.3 is 4.42 Å². The molecule has 2 aromatic rings. The third-order valence-electron chi connectivity index (χ3n) is 2.88. The first kappa shape index (κ1) is 14.4. The van der Waals surface area contributed by atoms with Crippen LogP contribution < -0.4 is 0 Å². The molecule has 4 nitrogen and oxygen atoms in total. The molecule has 5 heteroatoms. The molecule has 2 rings (SSSR count). The molecule has 0 saturated heterocycles. The van der Waals surface area contributed by atoms with E-state index in [-0.39, 0.29) is 11.1 Å². The molecule has 20 heavy (non-hydrogen) atoms. The van der Waals surface area contributed by atoms with E-state index in [9.17, 15) is 10.1 Å². The Morgan fingerprint density at radius 1 is 1.20 bits per heavy atom. The van der Waals surface area contributed by atoms with Crippen LogP contribution in [0.25, 0.3) is 11.3 Å². The highest BCUT2D eigenvalue weighted by atomic mass is 32.1. The zero-order chi connectivity index (χ0) is 14.9. The highest BCUT2D eigenvalue weighted by molar-refractivity contribution is 7.80. The minimum atomic E-state index is -0.417. The molecule has 1 heterocycles. The largest absolute Gasteiger partial charge is 0.455 e. The summed E-state index contributed by atoms with van der Waals surface area (Å²) in [5.74, 6) is 1.04. The van der Waals surface area contributed by atoms with Gasteiger partial charge in [0.2, 0.25) is 0 Å². The third kappa shape index (κ3) is 2.77. The van der Waals surface area contributed by atoms with Gasteiger partial charge in [-0.2, -0.15) is 0 Å². The molecule has 0 aliphatic heterocycles. The monoisotopic (exact) mass is 289 g/mol. The molecule has 0 atom stereocenters. The molecular weight excluding hydrogens is 274 g/mol.